The Balaban J connectivity index is 1.78. The molecule has 1 atom stereocenters. The van der Waals surface area contributed by atoms with Gasteiger partial charge in [-0.15, -0.1) is 0 Å². The quantitative estimate of drug-likeness (QED) is 0.729. The Labute approximate surface area is 167 Å². The maximum atomic E-state index is 12.7. The number of benzene rings is 2. The molecule has 1 N–H and O–H groups in total. The van der Waals surface area contributed by atoms with Crippen LogP contribution in [0.1, 0.15) is 43.7 Å². The molecule has 146 valence electrons. The number of nitrogens with one attached hydrogen (secondary N) is 1. The Morgan fingerprint density at radius 2 is 1.67 bits per heavy atom. The lowest BCUT2D eigenvalue weighted by Gasteiger charge is -2.37. The number of nitrogens with zero attached hydrogens (tertiary/aromatic N) is 1. The fourth-order valence-corrected chi connectivity index (χ4v) is 4.97. The molecule has 4 nitrogen and oxygen atoms in total. The summed E-state index contributed by atoms with van der Waals surface area (Å²) in [5.41, 5.74) is 1.13. The minimum atomic E-state index is -3.58. The van der Waals surface area contributed by atoms with E-state index in [4.69, 9.17) is 11.6 Å². The molecule has 2 aromatic rings. The molecule has 3 rings (SSSR count). The van der Waals surface area contributed by atoms with Crippen LogP contribution >= 0.6 is 11.6 Å². The van der Waals surface area contributed by atoms with Crippen molar-refractivity contribution in [3.8, 4) is 0 Å². The highest BCUT2D eigenvalue weighted by atomic mass is 35.5. The van der Waals surface area contributed by atoms with Gasteiger partial charge in [0.05, 0.1) is 4.90 Å². The van der Waals surface area contributed by atoms with Crippen LogP contribution in [0.3, 0.4) is 0 Å². The first-order chi connectivity index (χ1) is 13.0. The van der Waals surface area contributed by atoms with E-state index in [1.54, 1.807) is 12.1 Å². The van der Waals surface area contributed by atoms with Crippen LogP contribution in [0.15, 0.2) is 59.5 Å². The van der Waals surface area contributed by atoms with Crippen molar-refractivity contribution in [2.24, 2.45) is 0 Å². The van der Waals surface area contributed by atoms with Crippen LogP contribution in [-0.4, -0.2) is 33.0 Å². The van der Waals surface area contributed by atoms with Crippen LogP contribution < -0.4 is 4.72 Å². The Bertz CT molecular complexity index is 819. The smallest absolute Gasteiger partial charge is 0.240 e. The van der Waals surface area contributed by atoms with Gasteiger partial charge in [-0.25, -0.2) is 13.1 Å². The fraction of sp³-hybridized carbons (Fsp3) is 0.429. The molecule has 0 radical (unpaired) electrons. The zero-order valence-corrected chi connectivity index (χ0v) is 17.2. The molecule has 1 fully saturated rings. The van der Waals surface area contributed by atoms with Crippen LogP contribution in [0, 0.1) is 0 Å². The summed E-state index contributed by atoms with van der Waals surface area (Å²) in [7, 11) is -1.46. The monoisotopic (exact) mass is 406 g/mol. The molecule has 1 aliphatic rings. The Morgan fingerprint density at radius 3 is 2.30 bits per heavy atom. The number of sulfonamides is 1. The molecule has 27 heavy (non-hydrogen) atoms. The second-order valence-corrected chi connectivity index (χ2v) is 9.39. The fourth-order valence-electron chi connectivity index (χ4n) is 3.80. The van der Waals surface area contributed by atoms with E-state index >= 15 is 0 Å². The zero-order chi connectivity index (χ0) is 19.3. The first-order valence-corrected chi connectivity index (χ1v) is 11.4. The van der Waals surface area contributed by atoms with Gasteiger partial charge < -0.3 is 0 Å². The predicted molar refractivity (Wildman–Crippen MR) is 110 cm³/mol. The van der Waals surface area contributed by atoms with E-state index in [1.807, 2.05) is 18.2 Å². The molecule has 0 saturated heterocycles. The highest BCUT2D eigenvalue weighted by molar-refractivity contribution is 7.89. The number of hydrogen-bond donors (Lipinski definition) is 1. The average Bonchev–Trinajstić information content (AvgIpc) is 2.70. The molecule has 0 bridgehead atoms. The maximum absolute atomic E-state index is 12.7. The molecule has 0 amide bonds. The maximum Gasteiger partial charge on any atom is 0.240 e. The van der Waals surface area contributed by atoms with Gasteiger partial charge in [0.1, 0.15) is 0 Å². The first-order valence-electron chi connectivity index (χ1n) is 9.49. The van der Waals surface area contributed by atoms with Crippen LogP contribution in [0.5, 0.6) is 0 Å². The van der Waals surface area contributed by atoms with Gasteiger partial charge >= 0.3 is 0 Å². The summed E-state index contributed by atoms with van der Waals surface area (Å²) in [5, 5.41) is 0.521. The summed E-state index contributed by atoms with van der Waals surface area (Å²) in [5.74, 6) is 0. The van der Waals surface area contributed by atoms with Crippen molar-refractivity contribution in [1.82, 2.24) is 9.62 Å². The molecule has 0 aliphatic heterocycles. The standard InChI is InChI=1S/C21H27ClN2O2S/c1-24(19-10-6-3-7-11-19)21(17-8-4-2-5-9-17)16-23-27(25,26)20-14-12-18(22)13-15-20/h2,4-5,8-9,12-15,19,21,23H,3,6-7,10-11,16H2,1H3/t21-/m0/s1. The van der Waals surface area contributed by atoms with Crippen molar-refractivity contribution in [3.05, 3.63) is 65.2 Å². The van der Waals surface area contributed by atoms with E-state index in [-0.39, 0.29) is 10.9 Å². The van der Waals surface area contributed by atoms with Crippen molar-refractivity contribution in [2.45, 2.75) is 49.1 Å². The Morgan fingerprint density at radius 1 is 1.04 bits per heavy atom. The number of likely N-dealkylation sites (N-methyl/N-ethyl adjacent to an activating group) is 1. The third-order valence-electron chi connectivity index (χ3n) is 5.42. The lowest BCUT2D eigenvalue weighted by molar-refractivity contribution is 0.138. The SMILES string of the molecule is CN(C1CCCCC1)[C@@H](CNS(=O)(=O)c1ccc(Cl)cc1)c1ccccc1. The molecule has 1 aliphatic carbocycles. The summed E-state index contributed by atoms with van der Waals surface area (Å²) in [6, 6.07) is 16.9. The number of hydrogen-bond acceptors (Lipinski definition) is 3. The first kappa shape index (κ1) is 20.3. The minimum Gasteiger partial charge on any atom is -0.295 e. The van der Waals surface area contributed by atoms with Gasteiger partial charge in [-0.1, -0.05) is 61.2 Å². The topological polar surface area (TPSA) is 49.4 Å². The summed E-state index contributed by atoms with van der Waals surface area (Å²) >= 11 is 5.87. The second-order valence-electron chi connectivity index (χ2n) is 7.19. The number of rotatable bonds is 7. The van der Waals surface area contributed by atoms with Crippen LogP contribution in [-0.2, 0) is 10.0 Å². The van der Waals surface area contributed by atoms with Crippen LogP contribution in [0.25, 0.3) is 0 Å². The van der Waals surface area contributed by atoms with E-state index in [0.29, 0.717) is 17.6 Å². The van der Waals surface area contributed by atoms with Crippen molar-refractivity contribution in [2.75, 3.05) is 13.6 Å². The zero-order valence-electron chi connectivity index (χ0n) is 15.6. The van der Waals surface area contributed by atoms with Gasteiger partial charge in [-0.05, 0) is 49.7 Å². The van der Waals surface area contributed by atoms with Gasteiger partial charge in [0.2, 0.25) is 10.0 Å². The van der Waals surface area contributed by atoms with E-state index in [0.717, 1.165) is 5.56 Å². The Kier molecular flexibility index (Phi) is 6.93. The summed E-state index contributed by atoms with van der Waals surface area (Å²) in [6.07, 6.45) is 6.12. The van der Waals surface area contributed by atoms with Crippen molar-refractivity contribution in [3.63, 3.8) is 0 Å². The summed E-state index contributed by atoms with van der Waals surface area (Å²) in [6.45, 7) is 0.335. The van der Waals surface area contributed by atoms with E-state index < -0.39 is 10.0 Å². The molecule has 1 saturated carbocycles. The molecular weight excluding hydrogens is 380 g/mol. The van der Waals surface area contributed by atoms with E-state index in [1.165, 1.54) is 44.2 Å². The lowest BCUT2D eigenvalue weighted by Crippen LogP contribution is -2.42. The third kappa shape index (κ3) is 5.32. The normalized spacial score (nSPS) is 17.1. The highest BCUT2D eigenvalue weighted by Crippen LogP contribution is 2.29. The van der Waals surface area contributed by atoms with Gasteiger partial charge in [0, 0.05) is 23.7 Å². The van der Waals surface area contributed by atoms with Gasteiger partial charge in [-0.2, -0.15) is 0 Å². The van der Waals surface area contributed by atoms with Crippen molar-refractivity contribution >= 4 is 21.6 Å². The molecule has 0 aromatic heterocycles. The highest BCUT2D eigenvalue weighted by Gasteiger charge is 2.27. The lowest BCUT2D eigenvalue weighted by atomic mass is 9.92. The predicted octanol–water partition coefficient (Wildman–Crippen LogP) is 4.62. The summed E-state index contributed by atoms with van der Waals surface area (Å²) < 4.78 is 28.2. The average molecular weight is 407 g/mol. The molecule has 0 heterocycles. The molecule has 0 unspecified atom stereocenters. The van der Waals surface area contributed by atoms with Crippen LogP contribution in [0.2, 0.25) is 5.02 Å². The third-order valence-corrected chi connectivity index (χ3v) is 7.11. The number of halogens is 1. The van der Waals surface area contributed by atoms with E-state index in [9.17, 15) is 8.42 Å². The molecule has 6 heteroatoms. The second kappa shape index (κ2) is 9.20. The van der Waals surface area contributed by atoms with Crippen molar-refractivity contribution < 1.29 is 8.42 Å². The van der Waals surface area contributed by atoms with E-state index in [2.05, 4.69) is 28.8 Å². The van der Waals surface area contributed by atoms with Gasteiger partial charge in [-0.3, -0.25) is 4.90 Å². The summed E-state index contributed by atoms with van der Waals surface area (Å²) in [4.78, 5) is 2.58. The van der Waals surface area contributed by atoms with Crippen molar-refractivity contribution in [1.29, 1.82) is 0 Å². The van der Waals surface area contributed by atoms with Gasteiger partial charge in [0.25, 0.3) is 0 Å². The molecule has 2 aromatic carbocycles. The Hall–Kier alpha value is -1.40. The van der Waals surface area contributed by atoms with Crippen LogP contribution in [0.4, 0.5) is 0 Å². The molecule has 0 spiro atoms. The molecular formula is C21H27ClN2O2S. The van der Waals surface area contributed by atoms with Gasteiger partial charge in [0.15, 0.2) is 0 Å². The minimum absolute atomic E-state index is 0.00336. The largest absolute Gasteiger partial charge is 0.295 e.